The van der Waals surface area contributed by atoms with Gasteiger partial charge in [-0.25, -0.2) is 4.79 Å². The van der Waals surface area contributed by atoms with Gasteiger partial charge in [0.15, 0.2) is 0 Å². The van der Waals surface area contributed by atoms with Crippen molar-refractivity contribution < 1.29 is 9.53 Å². The molecule has 1 atom stereocenters. The van der Waals surface area contributed by atoms with Gasteiger partial charge in [-0.15, -0.1) is 0 Å². The maximum atomic E-state index is 11.9. The van der Waals surface area contributed by atoms with Crippen LogP contribution in [0.1, 0.15) is 50.7 Å². The van der Waals surface area contributed by atoms with Crippen molar-refractivity contribution in [3.05, 3.63) is 29.3 Å². The van der Waals surface area contributed by atoms with Crippen LogP contribution in [0, 0.1) is 11.3 Å². The van der Waals surface area contributed by atoms with Crippen molar-refractivity contribution in [1.82, 2.24) is 0 Å². The standard InChI is InChI=1S/C16H20N2O2/c1-16(2,3)20-15(19)18-13-9-5-7-11-6-4-8-12(10-17)14(11)13/h5,7,9,12H,4,6,8H2,1-3H3,(H,18,19). The lowest BCUT2D eigenvalue weighted by molar-refractivity contribution is 0.0635. The molecule has 0 saturated carbocycles. The number of nitriles is 1. The molecule has 0 radical (unpaired) electrons. The first-order valence-corrected chi connectivity index (χ1v) is 6.92. The maximum Gasteiger partial charge on any atom is 0.412 e. The molecule has 0 aromatic heterocycles. The van der Waals surface area contributed by atoms with Crippen molar-refractivity contribution >= 4 is 11.8 Å². The number of anilines is 1. The minimum Gasteiger partial charge on any atom is -0.444 e. The van der Waals surface area contributed by atoms with Crippen LogP contribution in [0.5, 0.6) is 0 Å². The molecule has 1 amide bonds. The van der Waals surface area contributed by atoms with E-state index in [9.17, 15) is 10.1 Å². The van der Waals surface area contributed by atoms with Gasteiger partial charge in [0.2, 0.25) is 0 Å². The molecule has 0 saturated heterocycles. The van der Waals surface area contributed by atoms with Gasteiger partial charge < -0.3 is 4.74 Å². The molecule has 4 nitrogen and oxygen atoms in total. The predicted molar refractivity (Wildman–Crippen MR) is 77.6 cm³/mol. The number of nitrogens with zero attached hydrogens (tertiary/aromatic N) is 1. The molecule has 0 aliphatic heterocycles. The summed E-state index contributed by atoms with van der Waals surface area (Å²) in [5.41, 5.74) is 2.26. The molecule has 0 bridgehead atoms. The number of hydrogen-bond donors (Lipinski definition) is 1. The first-order valence-electron chi connectivity index (χ1n) is 6.92. The Hall–Kier alpha value is -2.02. The van der Waals surface area contributed by atoms with Crippen LogP contribution in [0.4, 0.5) is 10.5 Å². The summed E-state index contributed by atoms with van der Waals surface area (Å²) in [7, 11) is 0. The fraction of sp³-hybridized carbons (Fsp3) is 0.500. The van der Waals surface area contributed by atoms with E-state index in [-0.39, 0.29) is 5.92 Å². The van der Waals surface area contributed by atoms with Crippen LogP contribution < -0.4 is 5.32 Å². The summed E-state index contributed by atoms with van der Waals surface area (Å²) >= 11 is 0. The molecule has 20 heavy (non-hydrogen) atoms. The number of fused-ring (bicyclic) bond motifs is 1. The third kappa shape index (κ3) is 3.30. The van der Waals surface area contributed by atoms with Crippen LogP contribution in [-0.2, 0) is 11.2 Å². The normalized spacial score (nSPS) is 17.8. The van der Waals surface area contributed by atoms with Crippen molar-refractivity contribution in [1.29, 1.82) is 5.26 Å². The molecule has 1 unspecified atom stereocenters. The van der Waals surface area contributed by atoms with E-state index in [1.165, 1.54) is 0 Å². The molecule has 1 aliphatic rings. The summed E-state index contributed by atoms with van der Waals surface area (Å²) in [4.78, 5) is 11.9. The van der Waals surface area contributed by atoms with Crippen molar-refractivity contribution in [2.45, 2.75) is 51.6 Å². The Morgan fingerprint density at radius 2 is 2.20 bits per heavy atom. The van der Waals surface area contributed by atoms with Gasteiger partial charge in [-0.05, 0) is 57.2 Å². The fourth-order valence-corrected chi connectivity index (χ4v) is 2.54. The summed E-state index contributed by atoms with van der Waals surface area (Å²) in [6, 6.07) is 8.10. The van der Waals surface area contributed by atoms with Crippen LogP contribution in [0.25, 0.3) is 0 Å². The summed E-state index contributed by atoms with van der Waals surface area (Å²) in [5, 5.41) is 12.1. The second-order valence-corrected chi connectivity index (χ2v) is 6.08. The topological polar surface area (TPSA) is 62.1 Å². The zero-order valence-electron chi connectivity index (χ0n) is 12.2. The molecule has 4 heteroatoms. The lowest BCUT2D eigenvalue weighted by atomic mass is 9.82. The van der Waals surface area contributed by atoms with Gasteiger partial charge in [0.25, 0.3) is 0 Å². The van der Waals surface area contributed by atoms with Crippen molar-refractivity contribution in [3.8, 4) is 6.07 Å². The third-order valence-corrected chi connectivity index (χ3v) is 3.28. The van der Waals surface area contributed by atoms with Gasteiger partial charge in [0.05, 0.1) is 12.0 Å². The first-order chi connectivity index (χ1) is 9.40. The molecule has 0 heterocycles. The smallest absolute Gasteiger partial charge is 0.412 e. The van der Waals surface area contributed by atoms with Gasteiger partial charge in [-0.2, -0.15) is 5.26 Å². The van der Waals surface area contributed by atoms with Crippen LogP contribution in [-0.4, -0.2) is 11.7 Å². The van der Waals surface area contributed by atoms with Crippen molar-refractivity contribution in [2.75, 3.05) is 5.32 Å². The van der Waals surface area contributed by atoms with Crippen LogP contribution in [0.2, 0.25) is 0 Å². The fourth-order valence-electron chi connectivity index (χ4n) is 2.54. The van der Waals surface area contributed by atoms with Gasteiger partial charge >= 0.3 is 6.09 Å². The van der Waals surface area contributed by atoms with E-state index in [1.807, 2.05) is 39.0 Å². The highest BCUT2D eigenvalue weighted by Gasteiger charge is 2.24. The number of rotatable bonds is 1. The van der Waals surface area contributed by atoms with Gasteiger partial charge in [0.1, 0.15) is 5.60 Å². The van der Waals surface area contributed by atoms with E-state index in [1.54, 1.807) is 0 Å². The predicted octanol–water partition coefficient (Wildman–Crippen LogP) is 3.98. The number of carbonyl (C=O) groups excluding carboxylic acids is 1. The van der Waals surface area contributed by atoms with Crippen LogP contribution in [0.3, 0.4) is 0 Å². The molecule has 1 aliphatic carbocycles. The van der Waals surface area contributed by atoms with E-state index in [4.69, 9.17) is 4.74 Å². The summed E-state index contributed by atoms with van der Waals surface area (Å²) < 4.78 is 5.27. The lowest BCUT2D eigenvalue weighted by Gasteiger charge is -2.25. The van der Waals surface area contributed by atoms with Crippen LogP contribution in [0.15, 0.2) is 18.2 Å². The zero-order chi connectivity index (χ0) is 14.8. The zero-order valence-corrected chi connectivity index (χ0v) is 12.2. The number of ether oxygens (including phenoxy) is 1. The second-order valence-electron chi connectivity index (χ2n) is 6.08. The largest absolute Gasteiger partial charge is 0.444 e. The van der Waals surface area contributed by atoms with Gasteiger partial charge in [-0.1, -0.05) is 12.1 Å². The first kappa shape index (κ1) is 14.4. The van der Waals surface area contributed by atoms with Crippen LogP contribution >= 0.6 is 0 Å². The SMILES string of the molecule is CC(C)(C)OC(=O)Nc1cccc2c1C(C#N)CCC2. The second kappa shape index (κ2) is 5.54. The number of carbonyl (C=O) groups is 1. The van der Waals surface area contributed by atoms with E-state index < -0.39 is 11.7 Å². The quantitative estimate of drug-likeness (QED) is 0.841. The number of nitrogens with one attached hydrogen (secondary N) is 1. The van der Waals surface area contributed by atoms with Gasteiger partial charge in [-0.3, -0.25) is 5.32 Å². The van der Waals surface area contributed by atoms with E-state index >= 15 is 0 Å². The highest BCUT2D eigenvalue weighted by atomic mass is 16.6. The minimum atomic E-state index is -0.534. The summed E-state index contributed by atoms with van der Waals surface area (Å²) in [6.07, 6.45) is 2.34. The average Bonchev–Trinajstić information content (AvgIpc) is 2.36. The molecule has 1 aromatic rings. The lowest BCUT2D eigenvalue weighted by Crippen LogP contribution is -2.28. The summed E-state index contributed by atoms with van der Waals surface area (Å²) in [6.45, 7) is 5.47. The maximum absolute atomic E-state index is 11.9. The molecule has 106 valence electrons. The third-order valence-electron chi connectivity index (χ3n) is 3.28. The summed E-state index contributed by atoms with van der Waals surface area (Å²) in [5.74, 6) is -0.148. The molecule has 2 rings (SSSR count). The Bertz CT molecular complexity index is 553. The van der Waals surface area contributed by atoms with E-state index in [0.717, 1.165) is 30.4 Å². The van der Waals surface area contributed by atoms with Crippen molar-refractivity contribution in [3.63, 3.8) is 0 Å². The van der Waals surface area contributed by atoms with E-state index in [0.29, 0.717) is 5.69 Å². The molecular weight excluding hydrogens is 252 g/mol. The Morgan fingerprint density at radius 3 is 2.85 bits per heavy atom. The molecule has 1 N–H and O–H groups in total. The van der Waals surface area contributed by atoms with E-state index in [2.05, 4.69) is 11.4 Å². The number of hydrogen-bond acceptors (Lipinski definition) is 3. The average molecular weight is 272 g/mol. The highest BCUT2D eigenvalue weighted by Crippen LogP contribution is 2.36. The van der Waals surface area contributed by atoms with Crippen molar-refractivity contribution in [2.24, 2.45) is 0 Å². The minimum absolute atomic E-state index is 0.148. The molecule has 1 aromatic carbocycles. The highest BCUT2D eigenvalue weighted by molar-refractivity contribution is 5.86. The Labute approximate surface area is 119 Å². The number of benzene rings is 1. The molecule has 0 spiro atoms. The number of amides is 1. The van der Waals surface area contributed by atoms with Gasteiger partial charge in [0, 0.05) is 5.69 Å². The number of aryl methyl sites for hydroxylation is 1. The Balaban J connectivity index is 2.25. The Morgan fingerprint density at radius 1 is 1.45 bits per heavy atom. The monoisotopic (exact) mass is 272 g/mol. The molecular formula is C16H20N2O2. The molecule has 0 fully saturated rings. The Kier molecular flexibility index (Phi) is 3.99.